The van der Waals surface area contributed by atoms with Crippen LogP contribution in [0.15, 0.2) is 24.3 Å². The number of carboxylic acid groups (broad SMARTS) is 1. The number of hydrogen-bond donors (Lipinski definition) is 3. The van der Waals surface area contributed by atoms with E-state index >= 15 is 0 Å². The highest BCUT2D eigenvalue weighted by Gasteiger charge is 2.15. The molecule has 0 radical (unpaired) electrons. The molecule has 0 bridgehead atoms. The average molecular weight is 266 g/mol. The van der Waals surface area contributed by atoms with Crippen molar-refractivity contribution < 1.29 is 19.4 Å². The smallest absolute Gasteiger partial charge is 0.422 e. The van der Waals surface area contributed by atoms with Gasteiger partial charge in [0.15, 0.2) is 0 Å². The minimum atomic E-state index is -0.966. The first-order chi connectivity index (χ1) is 8.78. The van der Waals surface area contributed by atoms with Gasteiger partial charge in [0.25, 0.3) is 0 Å². The van der Waals surface area contributed by atoms with Crippen LogP contribution in [0.5, 0.6) is 0 Å². The Bertz CT molecular complexity index is 449. The van der Waals surface area contributed by atoms with Crippen LogP contribution in [0.3, 0.4) is 0 Å². The van der Waals surface area contributed by atoms with Crippen molar-refractivity contribution in [1.82, 2.24) is 10.9 Å². The lowest BCUT2D eigenvalue weighted by molar-refractivity contribution is 0.0496. The quantitative estimate of drug-likeness (QED) is 0.725. The summed E-state index contributed by atoms with van der Waals surface area (Å²) in [5.74, 6) is -0.966. The third kappa shape index (κ3) is 5.87. The predicted molar refractivity (Wildman–Crippen MR) is 69.6 cm³/mol. The van der Waals surface area contributed by atoms with Gasteiger partial charge in [0, 0.05) is 6.54 Å². The van der Waals surface area contributed by atoms with Crippen LogP contribution in [-0.2, 0) is 11.3 Å². The molecule has 6 heteroatoms. The van der Waals surface area contributed by atoms with E-state index in [0.717, 1.165) is 5.56 Å². The first-order valence-electron chi connectivity index (χ1n) is 5.82. The lowest BCUT2D eigenvalue weighted by atomic mass is 10.1. The Balaban J connectivity index is 2.37. The summed E-state index contributed by atoms with van der Waals surface area (Å²) in [7, 11) is 0. The fourth-order valence-corrected chi connectivity index (χ4v) is 1.29. The predicted octanol–water partition coefficient (Wildman–Crippen LogP) is 1.91. The SMILES string of the molecule is CC(C)(C)OC(=O)NNCc1ccc(C(=O)O)cc1. The van der Waals surface area contributed by atoms with Gasteiger partial charge in [-0.1, -0.05) is 12.1 Å². The van der Waals surface area contributed by atoms with E-state index in [-0.39, 0.29) is 5.56 Å². The molecule has 0 saturated heterocycles. The van der Waals surface area contributed by atoms with Gasteiger partial charge in [-0.3, -0.25) is 5.43 Å². The molecule has 3 N–H and O–H groups in total. The number of benzene rings is 1. The Labute approximate surface area is 111 Å². The molecule has 0 saturated carbocycles. The van der Waals surface area contributed by atoms with Gasteiger partial charge in [-0.2, -0.15) is 0 Å². The Hall–Kier alpha value is -2.08. The summed E-state index contributed by atoms with van der Waals surface area (Å²) >= 11 is 0. The summed E-state index contributed by atoms with van der Waals surface area (Å²) in [6.45, 7) is 5.70. The molecule has 0 unspecified atom stereocenters. The van der Waals surface area contributed by atoms with E-state index in [4.69, 9.17) is 9.84 Å². The van der Waals surface area contributed by atoms with Gasteiger partial charge in [-0.05, 0) is 38.5 Å². The van der Waals surface area contributed by atoms with Gasteiger partial charge in [0.2, 0.25) is 0 Å². The van der Waals surface area contributed by atoms with Gasteiger partial charge >= 0.3 is 12.1 Å². The fraction of sp³-hybridized carbons (Fsp3) is 0.385. The number of carbonyl (C=O) groups excluding carboxylic acids is 1. The van der Waals surface area contributed by atoms with Crippen molar-refractivity contribution in [2.24, 2.45) is 0 Å². The molecule has 1 amide bonds. The average Bonchev–Trinajstić information content (AvgIpc) is 2.27. The molecule has 1 rings (SSSR count). The molecule has 0 aliphatic rings. The van der Waals surface area contributed by atoms with Crippen LogP contribution in [0, 0.1) is 0 Å². The van der Waals surface area contributed by atoms with Crippen molar-refractivity contribution >= 4 is 12.1 Å². The molecule has 0 aliphatic carbocycles. The molecule has 1 aromatic carbocycles. The number of nitrogens with one attached hydrogen (secondary N) is 2. The Morgan fingerprint density at radius 1 is 1.21 bits per heavy atom. The van der Waals surface area contributed by atoms with Gasteiger partial charge in [-0.25, -0.2) is 15.0 Å². The summed E-state index contributed by atoms with van der Waals surface area (Å²) in [5.41, 5.74) is 5.63. The molecule has 0 fully saturated rings. The van der Waals surface area contributed by atoms with Crippen LogP contribution < -0.4 is 10.9 Å². The minimum absolute atomic E-state index is 0.226. The molecule has 6 nitrogen and oxygen atoms in total. The standard InChI is InChI=1S/C13H18N2O4/c1-13(2,3)19-12(18)15-14-8-9-4-6-10(7-5-9)11(16)17/h4-7,14H,8H2,1-3H3,(H,15,18)(H,16,17). The second-order valence-corrected chi connectivity index (χ2v) is 4.98. The highest BCUT2D eigenvalue weighted by Crippen LogP contribution is 2.06. The van der Waals surface area contributed by atoms with Crippen LogP contribution in [-0.4, -0.2) is 22.8 Å². The Kier molecular flexibility index (Phi) is 4.88. The van der Waals surface area contributed by atoms with Crippen LogP contribution >= 0.6 is 0 Å². The van der Waals surface area contributed by atoms with Crippen LogP contribution in [0.25, 0.3) is 0 Å². The lowest BCUT2D eigenvalue weighted by Gasteiger charge is -2.19. The van der Waals surface area contributed by atoms with E-state index in [9.17, 15) is 9.59 Å². The number of amides is 1. The summed E-state index contributed by atoms with van der Waals surface area (Å²) in [6.07, 6.45) is -0.561. The van der Waals surface area contributed by atoms with Gasteiger partial charge in [0.05, 0.1) is 5.56 Å². The van der Waals surface area contributed by atoms with E-state index in [2.05, 4.69) is 10.9 Å². The number of hydrogen-bond acceptors (Lipinski definition) is 4. The normalized spacial score (nSPS) is 10.9. The van der Waals surface area contributed by atoms with Gasteiger partial charge in [-0.15, -0.1) is 0 Å². The van der Waals surface area contributed by atoms with Crippen molar-refractivity contribution in [2.75, 3.05) is 0 Å². The third-order valence-electron chi connectivity index (χ3n) is 2.08. The van der Waals surface area contributed by atoms with E-state index in [1.54, 1.807) is 32.9 Å². The van der Waals surface area contributed by atoms with Crippen molar-refractivity contribution in [3.8, 4) is 0 Å². The monoisotopic (exact) mass is 266 g/mol. The zero-order chi connectivity index (χ0) is 14.5. The molecule has 0 heterocycles. The number of carbonyl (C=O) groups is 2. The van der Waals surface area contributed by atoms with Crippen LogP contribution in [0.2, 0.25) is 0 Å². The fourth-order valence-electron chi connectivity index (χ4n) is 1.29. The number of carboxylic acids is 1. The second kappa shape index (κ2) is 6.19. The first kappa shape index (κ1) is 15.0. The van der Waals surface area contributed by atoms with Gasteiger partial charge in [0.1, 0.15) is 5.60 Å². The summed E-state index contributed by atoms with van der Waals surface area (Å²) < 4.78 is 5.04. The highest BCUT2D eigenvalue weighted by molar-refractivity contribution is 5.87. The summed E-state index contributed by atoms with van der Waals surface area (Å²) in [5, 5.41) is 8.74. The number of rotatable bonds is 4. The second-order valence-electron chi connectivity index (χ2n) is 4.98. The minimum Gasteiger partial charge on any atom is -0.478 e. The van der Waals surface area contributed by atoms with E-state index in [1.165, 1.54) is 12.1 Å². The van der Waals surface area contributed by atoms with Crippen LogP contribution in [0.4, 0.5) is 4.79 Å². The van der Waals surface area contributed by atoms with E-state index in [0.29, 0.717) is 6.54 Å². The Morgan fingerprint density at radius 2 is 1.79 bits per heavy atom. The molecule has 0 aromatic heterocycles. The molecule has 19 heavy (non-hydrogen) atoms. The molecule has 104 valence electrons. The molecule has 0 spiro atoms. The largest absolute Gasteiger partial charge is 0.478 e. The van der Waals surface area contributed by atoms with Crippen LogP contribution in [0.1, 0.15) is 36.7 Å². The lowest BCUT2D eigenvalue weighted by Crippen LogP contribution is -2.40. The highest BCUT2D eigenvalue weighted by atomic mass is 16.6. The maximum atomic E-state index is 11.3. The number of hydrazine groups is 1. The van der Waals surface area contributed by atoms with Crippen molar-refractivity contribution in [3.05, 3.63) is 35.4 Å². The molecular weight excluding hydrogens is 248 g/mol. The molecule has 1 aromatic rings. The number of ether oxygens (including phenoxy) is 1. The Morgan fingerprint density at radius 3 is 2.26 bits per heavy atom. The first-order valence-corrected chi connectivity index (χ1v) is 5.82. The maximum absolute atomic E-state index is 11.3. The topological polar surface area (TPSA) is 87.7 Å². The van der Waals surface area contributed by atoms with Crippen molar-refractivity contribution in [1.29, 1.82) is 0 Å². The third-order valence-corrected chi connectivity index (χ3v) is 2.08. The van der Waals surface area contributed by atoms with E-state index in [1.807, 2.05) is 0 Å². The zero-order valence-corrected chi connectivity index (χ0v) is 11.2. The molecule has 0 aliphatic heterocycles. The molecule has 0 atom stereocenters. The van der Waals surface area contributed by atoms with Crippen molar-refractivity contribution in [3.63, 3.8) is 0 Å². The summed E-state index contributed by atoms with van der Waals surface area (Å²) in [4.78, 5) is 22.0. The zero-order valence-electron chi connectivity index (χ0n) is 11.2. The van der Waals surface area contributed by atoms with Crippen molar-refractivity contribution in [2.45, 2.75) is 32.9 Å². The van der Waals surface area contributed by atoms with Gasteiger partial charge < -0.3 is 9.84 Å². The van der Waals surface area contributed by atoms with E-state index < -0.39 is 17.7 Å². The summed E-state index contributed by atoms with van der Waals surface area (Å²) in [6, 6.07) is 6.36. The number of aromatic carboxylic acids is 1. The maximum Gasteiger partial charge on any atom is 0.422 e. The molecular formula is C13H18N2O4.